The van der Waals surface area contributed by atoms with Crippen LogP contribution in [0, 0.1) is 0 Å². The van der Waals surface area contributed by atoms with Crippen molar-refractivity contribution in [2.45, 2.75) is 29.4 Å². The fourth-order valence-corrected chi connectivity index (χ4v) is 8.18. The molecule has 0 radical (unpaired) electrons. The summed E-state index contributed by atoms with van der Waals surface area (Å²) in [5.41, 5.74) is 5.89. The van der Waals surface area contributed by atoms with Crippen LogP contribution >= 0.6 is 45.6 Å². The number of rotatable bonds is 6. The Balaban J connectivity index is 0.000000448. The fourth-order valence-electron chi connectivity index (χ4n) is 3.48. The number of likely N-dealkylation sites (tertiary alicyclic amines) is 1. The molecule has 5 rings (SSSR count). The number of carboxylic acid groups (broad SMARTS) is 1. The first-order valence-electron chi connectivity index (χ1n) is 10.7. The molecule has 4 aromatic rings. The molecule has 1 fully saturated rings. The van der Waals surface area contributed by atoms with E-state index in [1.807, 2.05) is 12.1 Å². The van der Waals surface area contributed by atoms with Crippen LogP contribution in [0.4, 0.5) is 19.0 Å². The number of anilines is 1. The standard InChI is InChI=1S/C19H16ClN5O3S4.C2HF3O2/c20-15-3-1-13(30-15)14-2-4-16(31-14)32(27,28)24-12-5-6-25(19(12)26)8-10-7-11-17(21)22-9-23-18(11)29-10;3-2(4,5)1(6)7/h1-4,7,9,12,24H,5-6,8H2,(H2,21,22,23);(H,6,7)/t12-;/m0./s1. The Labute approximate surface area is 235 Å². The molecule has 0 aromatic carbocycles. The van der Waals surface area contributed by atoms with Crippen LogP contribution in [0.1, 0.15) is 11.3 Å². The van der Waals surface area contributed by atoms with E-state index < -0.39 is 28.2 Å². The molecule has 1 amide bonds. The van der Waals surface area contributed by atoms with Crippen LogP contribution < -0.4 is 10.5 Å². The smallest absolute Gasteiger partial charge is 0.475 e. The Kier molecular flexibility index (Phi) is 8.48. The average molecular weight is 640 g/mol. The number of nitrogens with one attached hydrogen (secondary N) is 1. The van der Waals surface area contributed by atoms with Gasteiger partial charge in [-0.15, -0.1) is 34.0 Å². The van der Waals surface area contributed by atoms with Crippen LogP contribution in [0.2, 0.25) is 4.34 Å². The molecule has 208 valence electrons. The zero-order valence-electron chi connectivity index (χ0n) is 19.3. The predicted octanol–water partition coefficient (Wildman–Crippen LogP) is 4.43. The van der Waals surface area contributed by atoms with Crippen LogP contribution in [-0.4, -0.2) is 59.0 Å². The van der Waals surface area contributed by atoms with E-state index >= 15 is 0 Å². The average Bonchev–Trinajstić information content (AvgIpc) is 3.63. The Hall–Kier alpha value is -2.83. The summed E-state index contributed by atoms with van der Waals surface area (Å²) in [5.74, 6) is -2.60. The normalized spacial score (nSPS) is 15.9. The number of hydrogen-bond acceptors (Lipinski definition) is 10. The van der Waals surface area contributed by atoms with Gasteiger partial charge in [-0.3, -0.25) is 4.79 Å². The molecule has 4 N–H and O–H groups in total. The number of aromatic nitrogens is 2. The zero-order valence-corrected chi connectivity index (χ0v) is 23.3. The molecule has 0 spiro atoms. The molecular formula is C21H17ClF3N5O5S4. The van der Waals surface area contributed by atoms with Gasteiger partial charge in [-0.05, 0) is 36.8 Å². The fraction of sp³-hybridized carbons (Fsp3) is 0.238. The SMILES string of the molecule is Nc1ncnc2sc(CN3CC[C@H](NS(=O)(=O)c4ccc(-c5ccc(Cl)s5)s4)C3=O)cc12.O=C(O)C(F)(F)F. The second-order valence-electron chi connectivity index (χ2n) is 7.94. The minimum atomic E-state index is -5.08. The van der Waals surface area contributed by atoms with Crippen molar-refractivity contribution in [3.63, 3.8) is 0 Å². The molecule has 0 aliphatic carbocycles. The van der Waals surface area contributed by atoms with Crippen molar-refractivity contribution in [2.24, 2.45) is 0 Å². The van der Waals surface area contributed by atoms with Crippen LogP contribution in [-0.2, 0) is 26.2 Å². The van der Waals surface area contributed by atoms with E-state index in [-0.39, 0.29) is 10.1 Å². The lowest BCUT2D eigenvalue weighted by molar-refractivity contribution is -0.192. The van der Waals surface area contributed by atoms with Gasteiger partial charge in [0, 0.05) is 21.2 Å². The lowest BCUT2D eigenvalue weighted by atomic mass is 10.3. The minimum Gasteiger partial charge on any atom is -0.475 e. The van der Waals surface area contributed by atoms with Crippen molar-refractivity contribution < 1.29 is 36.3 Å². The number of carboxylic acids is 1. The van der Waals surface area contributed by atoms with Crippen LogP contribution in [0.15, 0.2) is 40.9 Å². The topological polar surface area (TPSA) is 156 Å². The number of amides is 1. The Morgan fingerprint density at radius 2 is 1.85 bits per heavy atom. The van der Waals surface area contributed by atoms with Gasteiger partial charge in [0.25, 0.3) is 10.0 Å². The van der Waals surface area contributed by atoms with E-state index in [0.717, 1.165) is 36.2 Å². The van der Waals surface area contributed by atoms with Crippen molar-refractivity contribution in [1.29, 1.82) is 0 Å². The number of halogens is 4. The van der Waals surface area contributed by atoms with Crippen LogP contribution in [0.5, 0.6) is 0 Å². The third-order valence-electron chi connectivity index (χ3n) is 5.26. The number of nitrogens with two attached hydrogens (primary N) is 1. The number of aliphatic carboxylic acids is 1. The summed E-state index contributed by atoms with van der Waals surface area (Å²) < 4.78 is 60.9. The molecule has 0 unspecified atom stereocenters. The molecule has 4 aromatic heterocycles. The van der Waals surface area contributed by atoms with Crippen molar-refractivity contribution in [3.05, 3.63) is 45.9 Å². The summed E-state index contributed by atoms with van der Waals surface area (Å²) in [6.45, 7) is 0.838. The third kappa shape index (κ3) is 6.85. The molecule has 5 heterocycles. The number of hydrogen-bond donors (Lipinski definition) is 3. The Bertz CT molecular complexity index is 1640. The van der Waals surface area contributed by atoms with E-state index in [1.54, 1.807) is 23.1 Å². The first-order valence-corrected chi connectivity index (χ1v) is 15.0. The number of fused-ring (bicyclic) bond motifs is 1. The summed E-state index contributed by atoms with van der Waals surface area (Å²) in [7, 11) is -3.82. The van der Waals surface area contributed by atoms with E-state index in [1.165, 1.54) is 29.0 Å². The summed E-state index contributed by atoms with van der Waals surface area (Å²) in [6, 6.07) is 8.02. The van der Waals surface area contributed by atoms with Crippen molar-refractivity contribution in [2.75, 3.05) is 12.3 Å². The lowest BCUT2D eigenvalue weighted by Crippen LogP contribution is -2.40. The highest BCUT2D eigenvalue weighted by Gasteiger charge is 2.38. The largest absolute Gasteiger partial charge is 0.490 e. The van der Waals surface area contributed by atoms with Gasteiger partial charge in [0.05, 0.1) is 16.3 Å². The summed E-state index contributed by atoms with van der Waals surface area (Å²) in [4.78, 5) is 35.0. The number of nitrogens with zero attached hydrogens (tertiary/aromatic N) is 3. The summed E-state index contributed by atoms with van der Waals surface area (Å²) >= 11 is 9.96. The van der Waals surface area contributed by atoms with Gasteiger partial charge >= 0.3 is 12.1 Å². The van der Waals surface area contributed by atoms with Gasteiger partial charge < -0.3 is 15.7 Å². The third-order valence-corrected chi connectivity index (χ3v) is 10.8. The number of thiophene rings is 3. The summed E-state index contributed by atoms with van der Waals surface area (Å²) in [6.07, 6.45) is -3.27. The number of alkyl halides is 3. The number of sulfonamides is 1. The predicted molar refractivity (Wildman–Crippen MR) is 142 cm³/mol. The van der Waals surface area contributed by atoms with Gasteiger partial charge in [-0.25, -0.2) is 23.2 Å². The highest BCUT2D eigenvalue weighted by molar-refractivity contribution is 7.91. The van der Waals surface area contributed by atoms with E-state index in [2.05, 4.69) is 14.7 Å². The first-order chi connectivity index (χ1) is 18.2. The number of nitrogen functional groups attached to an aromatic ring is 1. The second-order valence-corrected chi connectivity index (χ2v) is 13.8. The maximum atomic E-state index is 12.9. The maximum absolute atomic E-state index is 12.9. The van der Waals surface area contributed by atoms with Gasteiger partial charge in [0.15, 0.2) is 0 Å². The van der Waals surface area contributed by atoms with Crippen molar-refractivity contribution in [3.8, 4) is 9.75 Å². The quantitative estimate of drug-likeness (QED) is 0.280. The van der Waals surface area contributed by atoms with Gasteiger partial charge in [-0.1, -0.05) is 11.6 Å². The molecule has 1 aliphatic heterocycles. The Morgan fingerprint density at radius 1 is 1.18 bits per heavy atom. The molecule has 1 aliphatic rings. The van der Waals surface area contributed by atoms with E-state index in [0.29, 0.717) is 29.7 Å². The lowest BCUT2D eigenvalue weighted by Gasteiger charge is -2.16. The highest BCUT2D eigenvalue weighted by Crippen LogP contribution is 2.37. The number of carbonyl (C=O) groups excluding carboxylic acids is 1. The van der Waals surface area contributed by atoms with E-state index in [4.69, 9.17) is 27.2 Å². The van der Waals surface area contributed by atoms with Gasteiger partial charge in [0.2, 0.25) is 5.91 Å². The molecular weight excluding hydrogens is 623 g/mol. The Morgan fingerprint density at radius 3 is 2.46 bits per heavy atom. The molecule has 18 heteroatoms. The van der Waals surface area contributed by atoms with Crippen molar-refractivity contribution >= 4 is 83.5 Å². The molecule has 1 saturated heterocycles. The summed E-state index contributed by atoms with van der Waals surface area (Å²) in [5, 5.41) is 7.89. The zero-order chi connectivity index (χ0) is 28.5. The minimum absolute atomic E-state index is 0.168. The van der Waals surface area contributed by atoms with Crippen molar-refractivity contribution in [1.82, 2.24) is 19.6 Å². The maximum Gasteiger partial charge on any atom is 0.490 e. The molecule has 1 atom stereocenters. The second kappa shape index (κ2) is 11.3. The van der Waals surface area contributed by atoms with E-state index in [9.17, 15) is 26.4 Å². The molecule has 0 saturated carbocycles. The molecule has 39 heavy (non-hydrogen) atoms. The van der Waals surface area contributed by atoms with Crippen LogP contribution in [0.25, 0.3) is 20.0 Å². The molecule has 10 nitrogen and oxygen atoms in total. The monoisotopic (exact) mass is 639 g/mol. The van der Waals surface area contributed by atoms with Gasteiger partial charge in [0.1, 0.15) is 27.2 Å². The number of carbonyl (C=O) groups is 2. The molecule has 0 bridgehead atoms. The first kappa shape index (κ1) is 29.2. The van der Waals surface area contributed by atoms with Gasteiger partial charge in [-0.2, -0.15) is 17.9 Å². The van der Waals surface area contributed by atoms with Crippen LogP contribution in [0.3, 0.4) is 0 Å². The highest BCUT2D eigenvalue weighted by atomic mass is 35.5.